The fourth-order valence-electron chi connectivity index (χ4n) is 4.79. The van der Waals surface area contributed by atoms with Crippen LogP contribution in [0.15, 0.2) is 65.3 Å². The van der Waals surface area contributed by atoms with Crippen molar-refractivity contribution in [3.05, 3.63) is 92.8 Å². The minimum Gasteiger partial charge on any atom is -0.491 e. The topological polar surface area (TPSA) is 82.4 Å². The predicted octanol–water partition coefficient (Wildman–Crippen LogP) is 7.76. The lowest BCUT2D eigenvalue weighted by Crippen LogP contribution is -2.33. The summed E-state index contributed by atoms with van der Waals surface area (Å²) in [4.78, 5) is 32.8. The molecule has 2 heterocycles. The molecule has 0 unspecified atom stereocenters. The normalized spacial score (nSPS) is 11.3. The number of aromatic nitrogens is 2. The van der Waals surface area contributed by atoms with E-state index in [2.05, 4.69) is 29.8 Å². The zero-order valence-electron chi connectivity index (χ0n) is 25.8. The molecule has 0 spiro atoms. The highest BCUT2D eigenvalue weighted by Crippen LogP contribution is 2.29. The summed E-state index contributed by atoms with van der Waals surface area (Å²) in [6, 6.07) is 16.7. The van der Waals surface area contributed by atoms with Crippen LogP contribution in [0.3, 0.4) is 0 Å². The number of nitrogens with zero attached hydrogens (tertiary/aromatic N) is 3. The van der Waals surface area contributed by atoms with Crippen molar-refractivity contribution in [3.8, 4) is 11.5 Å². The summed E-state index contributed by atoms with van der Waals surface area (Å²) in [5.41, 5.74) is 3.72. The molecule has 0 saturated carbocycles. The number of ether oxygens (including phenoxy) is 3. The maximum absolute atomic E-state index is 14.0. The van der Waals surface area contributed by atoms with Gasteiger partial charge in [-0.3, -0.25) is 4.79 Å². The molecule has 0 aliphatic heterocycles. The van der Waals surface area contributed by atoms with Crippen LogP contribution in [0.1, 0.15) is 68.3 Å². The van der Waals surface area contributed by atoms with Gasteiger partial charge in [0.1, 0.15) is 17.1 Å². The number of carbonyl (C=O) groups is 2. The molecule has 0 aliphatic carbocycles. The Morgan fingerprint density at radius 1 is 1.07 bits per heavy atom. The third-order valence-corrected chi connectivity index (χ3v) is 7.70. The first-order valence-corrected chi connectivity index (χ1v) is 16.0. The van der Waals surface area contributed by atoms with Gasteiger partial charge in [-0.15, -0.1) is 0 Å². The number of benzene rings is 2. The van der Waals surface area contributed by atoms with Crippen molar-refractivity contribution in [2.75, 3.05) is 19.8 Å². The standard InChI is InChI=1S/C34H39BrClN3O5/c1-6-42-33(40)21-43-31-13-10-25(35)17-24(31)18-30-29(37-32-9-7-8-15-39(30)32)20-38(16-14-22(2)3)34(41)27-12-11-26(19-28(27)36)44-23(4)5/h7-13,15,17,19,22-23H,6,14,16,18,20-21H2,1-5H3. The molecule has 0 atom stereocenters. The zero-order valence-corrected chi connectivity index (χ0v) is 28.2. The second kappa shape index (κ2) is 15.4. The van der Waals surface area contributed by atoms with Crippen molar-refractivity contribution in [3.63, 3.8) is 0 Å². The molecule has 10 heteroatoms. The van der Waals surface area contributed by atoms with Crippen molar-refractivity contribution in [2.45, 2.75) is 60.1 Å². The van der Waals surface area contributed by atoms with E-state index in [0.29, 0.717) is 41.0 Å². The first-order chi connectivity index (χ1) is 21.0. The number of fused-ring (bicyclic) bond motifs is 1. The Hall–Kier alpha value is -3.56. The molecular formula is C34H39BrClN3O5. The van der Waals surface area contributed by atoms with Gasteiger partial charge in [-0.25, -0.2) is 9.78 Å². The van der Waals surface area contributed by atoms with Crippen LogP contribution < -0.4 is 9.47 Å². The largest absolute Gasteiger partial charge is 0.491 e. The van der Waals surface area contributed by atoms with Gasteiger partial charge in [0.25, 0.3) is 5.91 Å². The molecular weight excluding hydrogens is 646 g/mol. The van der Waals surface area contributed by atoms with Gasteiger partial charge in [0.15, 0.2) is 6.61 Å². The van der Waals surface area contributed by atoms with Crippen LogP contribution in [0.5, 0.6) is 11.5 Å². The number of imidazole rings is 1. The molecule has 8 nitrogen and oxygen atoms in total. The average molecular weight is 685 g/mol. The van der Waals surface area contributed by atoms with E-state index in [1.165, 1.54) is 0 Å². The van der Waals surface area contributed by atoms with E-state index in [-0.39, 0.29) is 31.8 Å². The van der Waals surface area contributed by atoms with Crippen LogP contribution in [0.2, 0.25) is 5.02 Å². The van der Waals surface area contributed by atoms with Gasteiger partial charge in [-0.1, -0.05) is 47.4 Å². The van der Waals surface area contributed by atoms with E-state index in [9.17, 15) is 9.59 Å². The third-order valence-electron chi connectivity index (χ3n) is 6.89. The summed E-state index contributed by atoms with van der Waals surface area (Å²) in [7, 11) is 0. The number of pyridine rings is 1. The molecule has 4 aromatic rings. The van der Waals surface area contributed by atoms with Crippen LogP contribution in [-0.4, -0.2) is 52.0 Å². The molecule has 0 bridgehead atoms. The molecule has 0 saturated heterocycles. The number of carbonyl (C=O) groups excluding carboxylic acids is 2. The summed E-state index contributed by atoms with van der Waals surface area (Å²) >= 11 is 10.2. The Balaban J connectivity index is 1.70. The number of halogens is 2. The molecule has 4 rings (SSSR count). The number of esters is 1. The van der Waals surface area contributed by atoms with E-state index in [4.69, 9.17) is 30.8 Å². The SMILES string of the molecule is CCOC(=O)COc1ccc(Br)cc1Cc1c(CN(CCC(C)C)C(=O)c2ccc(OC(C)C)cc2Cl)nc2ccccn12. The number of amides is 1. The Bertz CT molecular complexity index is 1600. The highest BCUT2D eigenvalue weighted by molar-refractivity contribution is 9.10. The molecule has 0 fully saturated rings. The highest BCUT2D eigenvalue weighted by Gasteiger charge is 2.24. The van der Waals surface area contributed by atoms with Gasteiger partial charge < -0.3 is 23.5 Å². The molecule has 44 heavy (non-hydrogen) atoms. The van der Waals surface area contributed by atoms with E-state index in [0.717, 1.165) is 33.5 Å². The van der Waals surface area contributed by atoms with Gasteiger partial charge in [-0.05, 0) is 81.6 Å². The monoisotopic (exact) mass is 683 g/mol. The fraction of sp³-hybridized carbons (Fsp3) is 0.382. The van der Waals surface area contributed by atoms with Crippen molar-refractivity contribution >= 4 is 45.1 Å². The second-order valence-electron chi connectivity index (χ2n) is 11.2. The Morgan fingerprint density at radius 2 is 1.86 bits per heavy atom. The quantitative estimate of drug-likeness (QED) is 0.126. The summed E-state index contributed by atoms with van der Waals surface area (Å²) in [6.07, 6.45) is 3.22. The van der Waals surface area contributed by atoms with Crippen molar-refractivity contribution in [2.24, 2.45) is 5.92 Å². The van der Waals surface area contributed by atoms with Gasteiger partial charge >= 0.3 is 5.97 Å². The van der Waals surface area contributed by atoms with Gasteiger partial charge in [-0.2, -0.15) is 0 Å². The van der Waals surface area contributed by atoms with Gasteiger partial charge in [0.05, 0.1) is 41.2 Å². The molecule has 2 aromatic carbocycles. The first kappa shape index (κ1) is 33.3. The molecule has 1 amide bonds. The molecule has 234 valence electrons. The van der Waals surface area contributed by atoms with Crippen molar-refractivity contribution in [1.82, 2.24) is 14.3 Å². The van der Waals surface area contributed by atoms with Crippen LogP contribution in [0, 0.1) is 5.92 Å². The van der Waals surface area contributed by atoms with Crippen molar-refractivity contribution < 1.29 is 23.8 Å². The lowest BCUT2D eigenvalue weighted by molar-refractivity contribution is -0.145. The molecule has 2 aromatic heterocycles. The van der Waals surface area contributed by atoms with E-state index < -0.39 is 5.97 Å². The minimum absolute atomic E-state index is 0.00931. The molecule has 0 radical (unpaired) electrons. The summed E-state index contributed by atoms with van der Waals surface area (Å²) in [5, 5.41) is 0.343. The number of hydrogen-bond donors (Lipinski definition) is 0. The Labute approximate surface area is 272 Å². The van der Waals surface area contributed by atoms with E-state index >= 15 is 0 Å². The third kappa shape index (κ3) is 8.76. The summed E-state index contributed by atoms with van der Waals surface area (Å²) < 4.78 is 19.6. The zero-order chi connectivity index (χ0) is 31.8. The Kier molecular flexibility index (Phi) is 11.7. The van der Waals surface area contributed by atoms with Gasteiger partial charge in [0, 0.05) is 29.2 Å². The fourth-order valence-corrected chi connectivity index (χ4v) is 5.45. The minimum atomic E-state index is -0.432. The molecule has 0 aliphatic rings. The van der Waals surface area contributed by atoms with E-state index in [1.54, 1.807) is 25.1 Å². The molecule has 0 N–H and O–H groups in total. The van der Waals surface area contributed by atoms with Crippen LogP contribution >= 0.6 is 27.5 Å². The second-order valence-corrected chi connectivity index (χ2v) is 12.5. The maximum atomic E-state index is 14.0. The van der Waals surface area contributed by atoms with E-state index in [1.807, 2.05) is 65.7 Å². The highest BCUT2D eigenvalue weighted by atomic mass is 79.9. The van der Waals surface area contributed by atoms with Crippen LogP contribution in [0.4, 0.5) is 0 Å². The lowest BCUT2D eigenvalue weighted by atomic mass is 10.1. The maximum Gasteiger partial charge on any atom is 0.344 e. The lowest BCUT2D eigenvalue weighted by Gasteiger charge is -2.24. The number of hydrogen-bond acceptors (Lipinski definition) is 6. The number of rotatable bonds is 14. The Morgan fingerprint density at radius 3 is 2.57 bits per heavy atom. The first-order valence-electron chi connectivity index (χ1n) is 14.8. The van der Waals surface area contributed by atoms with Crippen LogP contribution in [-0.2, 0) is 22.5 Å². The predicted molar refractivity (Wildman–Crippen MR) is 176 cm³/mol. The van der Waals surface area contributed by atoms with Crippen LogP contribution in [0.25, 0.3) is 5.65 Å². The van der Waals surface area contributed by atoms with Gasteiger partial charge in [0.2, 0.25) is 0 Å². The summed E-state index contributed by atoms with van der Waals surface area (Å²) in [6.45, 7) is 10.8. The van der Waals surface area contributed by atoms with Crippen molar-refractivity contribution in [1.29, 1.82) is 0 Å². The smallest absolute Gasteiger partial charge is 0.344 e. The average Bonchev–Trinajstić information content (AvgIpc) is 3.31. The summed E-state index contributed by atoms with van der Waals surface area (Å²) in [5.74, 6) is 0.979.